The van der Waals surface area contributed by atoms with Crippen molar-refractivity contribution < 1.29 is 26.9 Å². The van der Waals surface area contributed by atoms with E-state index < -0.39 is 42.5 Å². The van der Waals surface area contributed by atoms with Gasteiger partial charge in [0.15, 0.2) is 0 Å². The molecule has 1 spiro atoms. The Morgan fingerprint density at radius 2 is 2.03 bits per heavy atom. The van der Waals surface area contributed by atoms with Gasteiger partial charge in [-0.05, 0) is 31.4 Å². The number of hydrogen-bond acceptors (Lipinski definition) is 5. The first-order chi connectivity index (χ1) is 14.6. The van der Waals surface area contributed by atoms with Gasteiger partial charge < -0.3 is 19.9 Å². The Morgan fingerprint density at radius 1 is 1.35 bits per heavy atom. The number of nitrogens with two attached hydrogens (primary N) is 1. The SMILES string of the molecule is Cc1c(N2C[C@@H](N)C3(CC3)C2)c(F)cc2c(=O)c(C(=O)OB(F)F)cn([C@@H]3C[C@@H]3F)c12. The molecule has 2 heterocycles. The molecule has 0 bridgehead atoms. The molecule has 31 heavy (non-hydrogen) atoms. The van der Waals surface area contributed by atoms with Crippen LogP contribution in [0, 0.1) is 18.2 Å². The van der Waals surface area contributed by atoms with E-state index in [1.54, 1.807) is 6.92 Å². The summed E-state index contributed by atoms with van der Waals surface area (Å²) in [6.45, 7) is 2.68. The number of halogens is 4. The van der Waals surface area contributed by atoms with Crippen LogP contribution in [0.3, 0.4) is 0 Å². The summed E-state index contributed by atoms with van der Waals surface area (Å²) >= 11 is 0. The molecule has 3 fully saturated rings. The molecular weight excluding hydrogens is 417 g/mol. The lowest BCUT2D eigenvalue weighted by atomic mass is 10.0. The maximum atomic E-state index is 15.2. The zero-order valence-electron chi connectivity index (χ0n) is 16.7. The Kier molecular flexibility index (Phi) is 4.41. The number of benzene rings is 1. The highest BCUT2D eigenvalue weighted by Crippen LogP contribution is 2.53. The minimum atomic E-state index is -3.42. The van der Waals surface area contributed by atoms with Crippen LogP contribution in [0.15, 0.2) is 17.1 Å². The van der Waals surface area contributed by atoms with Gasteiger partial charge >= 0.3 is 13.4 Å². The van der Waals surface area contributed by atoms with E-state index in [0.29, 0.717) is 24.3 Å². The van der Waals surface area contributed by atoms with Gasteiger partial charge in [0.25, 0.3) is 0 Å². The summed E-state index contributed by atoms with van der Waals surface area (Å²) in [6.07, 6.45) is 1.93. The molecule has 1 aromatic heterocycles. The van der Waals surface area contributed by atoms with E-state index in [4.69, 9.17) is 5.73 Å². The fourth-order valence-corrected chi connectivity index (χ4v) is 4.90. The number of alkyl halides is 1. The predicted octanol–water partition coefficient (Wildman–Crippen LogP) is 2.74. The average molecular weight is 437 g/mol. The third-order valence-electron chi connectivity index (χ3n) is 6.85. The number of rotatable bonds is 4. The lowest BCUT2D eigenvalue weighted by molar-refractivity contribution is 0.0693. The van der Waals surface area contributed by atoms with Gasteiger partial charge in [-0.3, -0.25) is 4.79 Å². The Bertz CT molecular complexity index is 1170. The van der Waals surface area contributed by atoms with E-state index in [2.05, 4.69) is 4.65 Å². The van der Waals surface area contributed by atoms with Crippen molar-refractivity contribution in [1.82, 2.24) is 4.57 Å². The summed E-state index contributed by atoms with van der Waals surface area (Å²) in [4.78, 5) is 26.8. The molecule has 1 saturated heterocycles. The third-order valence-corrected chi connectivity index (χ3v) is 6.85. The molecule has 0 amide bonds. The summed E-state index contributed by atoms with van der Waals surface area (Å²) in [5, 5.41) is -0.175. The van der Waals surface area contributed by atoms with E-state index in [-0.39, 0.29) is 28.8 Å². The second-order valence-electron chi connectivity index (χ2n) is 8.84. The van der Waals surface area contributed by atoms with Crippen LogP contribution < -0.4 is 16.1 Å². The smallest absolute Gasteiger partial charge is 0.474 e. The number of nitrogens with zero attached hydrogens (tertiary/aromatic N) is 2. The third kappa shape index (κ3) is 3.12. The molecule has 2 aliphatic carbocycles. The molecule has 3 aliphatic rings. The van der Waals surface area contributed by atoms with Crippen molar-refractivity contribution in [2.24, 2.45) is 11.1 Å². The van der Waals surface area contributed by atoms with Gasteiger partial charge in [-0.15, -0.1) is 0 Å². The van der Waals surface area contributed by atoms with E-state index in [0.717, 1.165) is 25.1 Å². The highest BCUT2D eigenvalue weighted by molar-refractivity contribution is 6.38. The minimum Gasteiger partial charge on any atom is -0.474 e. The Morgan fingerprint density at radius 3 is 2.58 bits per heavy atom. The second-order valence-corrected chi connectivity index (χ2v) is 8.84. The summed E-state index contributed by atoms with van der Waals surface area (Å²) in [7, 11) is -3.42. The highest BCUT2D eigenvalue weighted by atomic mass is 19.2. The number of fused-ring (bicyclic) bond motifs is 1. The molecule has 11 heteroatoms. The largest absolute Gasteiger partial charge is 0.798 e. The van der Waals surface area contributed by atoms with E-state index in [1.165, 1.54) is 4.57 Å². The molecule has 2 N–H and O–H groups in total. The summed E-state index contributed by atoms with van der Waals surface area (Å²) in [5.74, 6) is -2.21. The van der Waals surface area contributed by atoms with Gasteiger partial charge in [0.05, 0.1) is 17.2 Å². The molecule has 5 rings (SSSR count). The van der Waals surface area contributed by atoms with Crippen molar-refractivity contribution in [2.75, 3.05) is 18.0 Å². The van der Waals surface area contributed by atoms with Crippen molar-refractivity contribution >= 4 is 30.0 Å². The van der Waals surface area contributed by atoms with Crippen LogP contribution in [0.25, 0.3) is 10.9 Å². The number of aryl methyl sites for hydroxylation is 1. The standard InChI is InChI=1S/C20H20BF4N3O3/c1-9-16-10(4-13(23)17(9)27-7-15(26)20(8-27)2-3-20)18(29)11(19(30)31-21(24)25)6-28(16)14-5-12(14)22/h4,6,12,14-15H,2-3,5,7-8,26H2,1H3/t12-,14+,15+/m0/s1. The molecule has 1 aliphatic heterocycles. The van der Waals surface area contributed by atoms with Crippen molar-refractivity contribution in [1.29, 1.82) is 0 Å². The molecule has 0 unspecified atom stereocenters. The zero-order valence-corrected chi connectivity index (χ0v) is 16.7. The van der Waals surface area contributed by atoms with Gasteiger partial charge in [-0.1, -0.05) is 0 Å². The number of aromatic nitrogens is 1. The molecule has 164 valence electrons. The Balaban J connectivity index is 1.70. The second kappa shape index (κ2) is 6.72. The van der Waals surface area contributed by atoms with Crippen molar-refractivity contribution in [3.8, 4) is 0 Å². The number of pyridine rings is 1. The molecule has 2 saturated carbocycles. The number of hydrogen-bond donors (Lipinski definition) is 1. The lowest BCUT2D eigenvalue weighted by Crippen LogP contribution is -2.31. The quantitative estimate of drug-likeness (QED) is 0.588. The van der Waals surface area contributed by atoms with Gasteiger partial charge in [0.2, 0.25) is 5.43 Å². The number of carbonyl (C=O) groups is 1. The fourth-order valence-electron chi connectivity index (χ4n) is 4.90. The Hall–Kier alpha value is -2.56. The Labute approximate surface area is 175 Å². The normalized spacial score (nSPS) is 25.9. The highest BCUT2D eigenvalue weighted by Gasteiger charge is 2.54. The van der Waals surface area contributed by atoms with Crippen molar-refractivity contribution in [3.63, 3.8) is 0 Å². The van der Waals surface area contributed by atoms with Gasteiger partial charge in [0.1, 0.15) is 17.6 Å². The van der Waals surface area contributed by atoms with Crippen LogP contribution in [-0.2, 0) is 4.65 Å². The average Bonchev–Trinajstić information content (AvgIpc) is 3.57. The molecule has 1 aromatic carbocycles. The van der Waals surface area contributed by atoms with Crippen LogP contribution in [0.5, 0.6) is 0 Å². The minimum absolute atomic E-state index is 0.0169. The van der Waals surface area contributed by atoms with E-state index >= 15 is 4.39 Å². The van der Waals surface area contributed by atoms with Crippen LogP contribution in [0.4, 0.5) is 23.1 Å². The van der Waals surface area contributed by atoms with E-state index in [9.17, 15) is 22.6 Å². The van der Waals surface area contributed by atoms with Crippen molar-refractivity contribution in [2.45, 2.75) is 44.4 Å². The molecule has 3 atom stereocenters. The van der Waals surface area contributed by atoms with Gasteiger partial charge in [-0.25, -0.2) is 22.2 Å². The van der Waals surface area contributed by atoms with Crippen LogP contribution in [-0.4, -0.2) is 43.3 Å². The maximum absolute atomic E-state index is 15.2. The van der Waals surface area contributed by atoms with Crippen LogP contribution in [0.1, 0.15) is 41.2 Å². The van der Waals surface area contributed by atoms with E-state index in [1.807, 2.05) is 4.90 Å². The molecular formula is C20H20BF4N3O3. The monoisotopic (exact) mass is 437 g/mol. The van der Waals surface area contributed by atoms with Gasteiger partial charge in [-0.2, -0.15) is 0 Å². The van der Waals surface area contributed by atoms with Crippen LogP contribution >= 0.6 is 0 Å². The first kappa shape index (κ1) is 20.4. The lowest BCUT2D eigenvalue weighted by Gasteiger charge is -2.24. The number of carbonyl (C=O) groups excluding carboxylic acids is 1. The first-order valence-corrected chi connectivity index (χ1v) is 10.1. The van der Waals surface area contributed by atoms with Gasteiger partial charge in [0, 0.05) is 42.6 Å². The van der Waals surface area contributed by atoms with Crippen LogP contribution in [0.2, 0.25) is 0 Å². The zero-order chi connectivity index (χ0) is 22.2. The fraction of sp³-hybridized carbons (Fsp3) is 0.500. The summed E-state index contributed by atoms with van der Waals surface area (Å²) < 4.78 is 59.5. The molecule has 0 radical (unpaired) electrons. The molecule has 6 nitrogen and oxygen atoms in total. The summed E-state index contributed by atoms with van der Waals surface area (Å²) in [5.41, 5.74) is 5.62. The topological polar surface area (TPSA) is 77.6 Å². The first-order valence-electron chi connectivity index (χ1n) is 10.1. The maximum Gasteiger partial charge on any atom is 0.798 e. The summed E-state index contributed by atoms with van der Waals surface area (Å²) in [6, 6.07) is 0.234. The molecule has 2 aromatic rings. The predicted molar refractivity (Wildman–Crippen MR) is 107 cm³/mol. The van der Waals surface area contributed by atoms with Crippen molar-refractivity contribution in [3.05, 3.63) is 39.4 Å². The number of anilines is 1.